The molecule has 0 unspecified atom stereocenters. The van der Waals surface area contributed by atoms with Gasteiger partial charge in [0.1, 0.15) is 5.82 Å². The SMILES string of the molecule is Cc1ncc(S(=O)(=O)Nc2ccc3c(c2)NC(=O)CS3)[nH]1. The predicted molar refractivity (Wildman–Crippen MR) is 79.9 cm³/mol. The highest BCUT2D eigenvalue weighted by Gasteiger charge is 2.19. The second-order valence-electron chi connectivity index (χ2n) is 4.49. The van der Waals surface area contributed by atoms with Gasteiger partial charge in [-0.25, -0.2) is 4.98 Å². The largest absolute Gasteiger partial charge is 0.332 e. The number of aromatic nitrogens is 2. The summed E-state index contributed by atoms with van der Waals surface area (Å²) in [7, 11) is -3.72. The van der Waals surface area contributed by atoms with Crippen LogP contribution in [0, 0.1) is 6.92 Å². The summed E-state index contributed by atoms with van der Waals surface area (Å²) in [6, 6.07) is 5.03. The van der Waals surface area contributed by atoms with E-state index in [9.17, 15) is 13.2 Å². The first kappa shape index (κ1) is 14.0. The van der Waals surface area contributed by atoms with Crippen LogP contribution < -0.4 is 10.0 Å². The fraction of sp³-hybridized carbons (Fsp3) is 0.167. The standard InChI is InChI=1S/C12H12N4O3S2/c1-7-13-5-12(14-7)21(18,19)16-8-2-3-10-9(4-8)15-11(17)6-20-10/h2-5,16H,6H2,1H3,(H,13,14)(H,15,17). The van der Waals surface area contributed by atoms with Crippen LogP contribution in [0.1, 0.15) is 5.82 Å². The van der Waals surface area contributed by atoms with Gasteiger partial charge in [0.25, 0.3) is 10.0 Å². The number of aromatic amines is 1. The average Bonchev–Trinajstić information content (AvgIpc) is 2.85. The number of rotatable bonds is 3. The number of sulfonamides is 1. The lowest BCUT2D eigenvalue weighted by atomic mass is 10.3. The molecular weight excluding hydrogens is 312 g/mol. The van der Waals surface area contributed by atoms with Gasteiger partial charge in [0, 0.05) is 4.90 Å². The molecule has 1 amide bonds. The Morgan fingerprint density at radius 1 is 1.38 bits per heavy atom. The number of amides is 1. The molecule has 0 fully saturated rings. The van der Waals surface area contributed by atoms with E-state index in [1.54, 1.807) is 25.1 Å². The molecule has 21 heavy (non-hydrogen) atoms. The number of hydrogen-bond acceptors (Lipinski definition) is 5. The lowest BCUT2D eigenvalue weighted by molar-refractivity contribution is -0.113. The molecule has 0 aliphatic carbocycles. The van der Waals surface area contributed by atoms with Crippen molar-refractivity contribution in [2.24, 2.45) is 0 Å². The van der Waals surface area contributed by atoms with Crippen molar-refractivity contribution in [1.82, 2.24) is 9.97 Å². The van der Waals surface area contributed by atoms with Gasteiger partial charge in [-0.3, -0.25) is 9.52 Å². The summed E-state index contributed by atoms with van der Waals surface area (Å²) in [4.78, 5) is 18.8. The third-order valence-corrected chi connectivity index (χ3v) is 5.20. The number of anilines is 2. The highest BCUT2D eigenvalue weighted by molar-refractivity contribution is 8.00. The molecule has 1 aliphatic heterocycles. The zero-order chi connectivity index (χ0) is 15.0. The summed E-state index contributed by atoms with van der Waals surface area (Å²) in [5, 5.41) is 2.71. The van der Waals surface area contributed by atoms with Gasteiger partial charge in [0.05, 0.1) is 23.3 Å². The van der Waals surface area contributed by atoms with Crippen molar-refractivity contribution in [3.8, 4) is 0 Å². The van der Waals surface area contributed by atoms with Gasteiger partial charge in [0.15, 0.2) is 5.03 Å². The Morgan fingerprint density at radius 2 is 2.19 bits per heavy atom. The second kappa shape index (κ2) is 5.08. The molecule has 110 valence electrons. The molecule has 1 aromatic heterocycles. The molecule has 0 spiro atoms. The van der Waals surface area contributed by atoms with Gasteiger partial charge in [-0.2, -0.15) is 8.42 Å². The number of H-pyrrole nitrogens is 1. The average molecular weight is 324 g/mol. The first-order valence-corrected chi connectivity index (χ1v) is 8.52. The van der Waals surface area contributed by atoms with Crippen LogP contribution >= 0.6 is 11.8 Å². The Morgan fingerprint density at radius 3 is 2.90 bits per heavy atom. The Hall–Kier alpha value is -2.00. The molecule has 0 bridgehead atoms. The summed E-state index contributed by atoms with van der Waals surface area (Å²) >= 11 is 1.42. The van der Waals surface area contributed by atoms with Crippen LogP contribution in [0.2, 0.25) is 0 Å². The van der Waals surface area contributed by atoms with Crippen LogP contribution in [-0.2, 0) is 14.8 Å². The van der Waals surface area contributed by atoms with Crippen LogP contribution in [0.5, 0.6) is 0 Å². The molecule has 2 heterocycles. The number of carbonyl (C=O) groups is 1. The molecule has 0 saturated heterocycles. The van der Waals surface area contributed by atoms with Gasteiger partial charge in [-0.05, 0) is 25.1 Å². The number of carbonyl (C=O) groups excluding carboxylic acids is 1. The maximum Gasteiger partial charge on any atom is 0.278 e. The lowest BCUT2D eigenvalue weighted by Crippen LogP contribution is -2.19. The van der Waals surface area contributed by atoms with E-state index < -0.39 is 10.0 Å². The number of aryl methyl sites for hydroxylation is 1. The third kappa shape index (κ3) is 2.88. The van der Waals surface area contributed by atoms with E-state index in [0.717, 1.165) is 4.90 Å². The topological polar surface area (TPSA) is 104 Å². The van der Waals surface area contributed by atoms with Gasteiger partial charge >= 0.3 is 0 Å². The zero-order valence-corrected chi connectivity index (χ0v) is 12.6. The maximum atomic E-state index is 12.2. The molecule has 1 aromatic carbocycles. The highest BCUT2D eigenvalue weighted by atomic mass is 32.2. The van der Waals surface area contributed by atoms with Crippen LogP contribution in [-0.4, -0.2) is 30.0 Å². The first-order valence-electron chi connectivity index (χ1n) is 6.05. The first-order chi connectivity index (χ1) is 9.94. The Kier molecular flexibility index (Phi) is 3.38. The third-order valence-electron chi connectivity index (χ3n) is 2.83. The number of hydrogen-bond donors (Lipinski definition) is 3. The Labute approximate surface area is 125 Å². The van der Waals surface area contributed by atoms with Crippen LogP contribution in [0.15, 0.2) is 34.3 Å². The minimum atomic E-state index is -3.72. The molecule has 2 aromatic rings. The van der Waals surface area contributed by atoms with Crippen molar-refractivity contribution < 1.29 is 13.2 Å². The smallest absolute Gasteiger partial charge is 0.278 e. The van der Waals surface area contributed by atoms with Gasteiger partial charge < -0.3 is 10.3 Å². The van der Waals surface area contributed by atoms with Crippen LogP contribution in [0.4, 0.5) is 11.4 Å². The normalized spacial score (nSPS) is 14.4. The summed E-state index contributed by atoms with van der Waals surface area (Å²) in [5.74, 6) is 0.784. The van der Waals surface area contributed by atoms with E-state index in [1.165, 1.54) is 18.0 Å². The summed E-state index contributed by atoms with van der Waals surface area (Å²) in [6.07, 6.45) is 1.26. The molecule has 0 radical (unpaired) electrons. The van der Waals surface area contributed by atoms with Crippen LogP contribution in [0.3, 0.4) is 0 Å². The lowest BCUT2D eigenvalue weighted by Gasteiger charge is -2.17. The number of thioether (sulfide) groups is 1. The van der Waals surface area contributed by atoms with Crippen molar-refractivity contribution in [1.29, 1.82) is 0 Å². The van der Waals surface area contributed by atoms with Crippen molar-refractivity contribution in [2.45, 2.75) is 16.8 Å². The Balaban J connectivity index is 1.88. The molecule has 1 aliphatic rings. The fourth-order valence-electron chi connectivity index (χ4n) is 1.89. The van der Waals surface area contributed by atoms with Crippen molar-refractivity contribution in [3.05, 3.63) is 30.2 Å². The highest BCUT2D eigenvalue weighted by Crippen LogP contribution is 2.33. The minimum Gasteiger partial charge on any atom is -0.332 e. The number of fused-ring (bicyclic) bond motifs is 1. The van der Waals surface area contributed by atoms with E-state index in [0.29, 0.717) is 23.0 Å². The summed E-state index contributed by atoms with van der Waals surface area (Å²) in [6.45, 7) is 1.67. The van der Waals surface area contributed by atoms with Crippen molar-refractivity contribution >= 4 is 39.1 Å². The van der Waals surface area contributed by atoms with Gasteiger partial charge in [-0.1, -0.05) is 0 Å². The molecule has 0 atom stereocenters. The van der Waals surface area contributed by atoms with Gasteiger partial charge in [-0.15, -0.1) is 11.8 Å². The summed E-state index contributed by atoms with van der Waals surface area (Å²) in [5.41, 5.74) is 0.987. The van der Waals surface area contributed by atoms with E-state index in [1.807, 2.05) is 0 Å². The molecule has 3 rings (SSSR count). The molecular formula is C12H12N4O3S2. The maximum absolute atomic E-state index is 12.2. The van der Waals surface area contributed by atoms with Crippen LogP contribution in [0.25, 0.3) is 0 Å². The molecule has 7 nitrogen and oxygen atoms in total. The predicted octanol–water partition coefficient (Wildman–Crippen LogP) is 1.56. The second-order valence-corrected chi connectivity index (χ2v) is 7.15. The molecule has 0 saturated carbocycles. The van der Waals surface area contributed by atoms with Gasteiger partial charge in [0.2, 0.25) is 5.91 Å². The zero-order valence-electron chi connectivity index (χ0n) is 11.0. The minimum absolute atomic E-state index is 0.00358. The monoisotopic (exact) mass is 324 g/mol. The van der Waals surface area contributed by atoms with Crippen molar-refractivity contribution in [2.75, 3.05) is 15.8 Å². The van der Waals surface area contributed by atoms with E-state index in [-0.39, 0.29) is 10.9 Å². The van der Waals surface area contributed by atoms with Crippen molar-refractivity contribution in [3.63, 3.8) is 0 Å². The number of nitrogens with one attached hydrogen (secondary N) is 3. The summed E-state index contributed by atoms with van der Waals surface area (Å²) < 4.78 is 26.8. The number of benzene rings is 1. The quantitative estimate of drug-likeness (QED) is 0.795. The Bertz CT molecular complexity index is 814. The van der Waals surface area contributed by atoms with E-state index in [4.69, 9.17) is 0 Å². The number of nitrogens with zero attached hydrogens (tertiary/aromatic N) is 1. The molecule has 3 N–H and O–H groups in total. The molecule has 9 heteroatoms. The number of imidazole rings is 1. The van der Waals surface area contributed by atoms with E-state index in [2.05, 4.69) is 20.0 Å². The fourth-order valence-corrected chi connectivity index (χ4v) is 3.70. The van der Waals surface area contributed by atoms with E-state index >= 15 is 0 Å².